The minimum Gasteiger partial charge on any atom is -0.0538 e. The first-order valence-corrected chi connectivity index (χ1v) is 18.9. The Morgan fingerprint density at radius 2 is 0.526 bits per heavy atom. The third-order valence-electron chi connectivity index (χ3n) is 6.83. The van der Waals surface area contributed by atoms with E-state index in [4.69, 9.17) is 0 Å². The highest BCUT2D eigenvalue weighted by molar-refractivity contribution is 14.2. The molecule has 6 rings (SSSR count). The molecular formula is C34H22I2S2. The summed E-state index contributed by atoms with van der Waals surface area (Å²) in [6.45, 7) is 0. The van der Waals surface area contributed by atoms with Gasteiger partial charge in [0.25, 0.3) is 0 Å². The fraction of sp³-hybridized carbons (Fsp3) is 0. The van der Waals surface area contributed by atoms with Crippen LogP contribution in [-0.4, -0.2) is 0 Å². The van der Waals surface area contributed by atoms with Crippen LogP contribution in [0.2, 0.25) is 0 Å². The number of halogens is 2. The van der Waals surface area contributed by atoms with Gasteiger partial charge in [-0.2, -0.15) is 0 Å². The van der Waals surface area contributed by atoms with Crippen LogP contribution in [0, 0.1) is 0 Å². The van der Waals surface area contributed by atoms with E-state index >= 15 is 0 Å². The zero-order valence-electron chi connectivity index (χ0n) is 20.3. The Bertz CT molecular complexity index is 1560. The van der Waals surface area contributed by atoms with Crippen LogP contribution >= 0.6 is 60.3 Å². The number of hydrogen-bond acceptors (Lipinski definition) is 2. The van der Waals surface area contributed by atoms with Gasteiger partial charge >= 0.3 is 0 Å². The molecule has 0 N–H and O–H groups in total. The minimum absolute atomic E-state index is 1.24. The Balaban J connectivity index is 1.22. The molecule has 38 heavy (non-hydrogen) atoms. The van der Waals surface area contributed by atoms with Gasteiger partial charge in [0.05, 0.1) is 0 Å². The van der Waals surface area contributed by atoms with Crippen molar-refractivity contribution in [2.24, 2.45) is 0 Å². The molecule has 184 valence electrons. The van der Waals surface area contributed by atoms with Crippen LogP contribution in [0.25, 0.3) is 55.3 Å². The van der Waals surface area contributed by atoms with Crippen LogP contribution in [0.5, 0.6) is 0 Å². The lowest BCUT2D eigenvalue weighted by Gasteiger charge is -2.09. The predicted molar refractivity (Wildman–Crippen MR) is 185 cm³/mol. The van der Waals surface area contributed by atoms with Gasteiger partial charge in [0.1, 0.15) is 0 Å². The lowest BCUT2D eigenvalue weighted by atomic mass is 9.96. The van der Waals surface area contributed by atoms with Gasteiger partial charge in [0.2, 0.25) is 0 Å². The molecule has 0 unspecified atom stereocenters. The molecule has 0 saturated carbocycles. The first-order chi connectivity index (χ1) is 18.7. The molecule has 4 heteroatoms. The average Bonchev–Trinajstić information content (AvgIpc) is 3.01. The Hall–Kier alpha value is -2.26. The summed E-state index contributed by atoms with van der Waals surface area (Å²) in [5.41, 5.74) is 9.93. The van der Waals surface area contributed by atoms with Crippen LogP contribution < -0.4 is 0 Å². The number of benzene rings is 6. The van der Waals surface area contributed by atoms with E-state index < -0.39 is 0 Å². The summed E-state index contributed by atoms with van der Waals surface area (Å²) < 4.78 is 0. The second kappa shape index (κ2) is 11.9. The Kier molecular flexibility index (Phi) is 8.11. The van der Waals surface area contributed by atoms with Crippen LogP contribution in [0.1, 0.15) is 0 Å². The summed E-state index contributed by atoms with van der Waals surface area (Å²) in [6, 6.07) is 48.8. The van der Waals surface area contributed by atoms with E-state index in [1.165, 1.54) is 65.1 Å². The minimum atomic E-state index is 1.24. The maximum atomic E-state index is 2.32. The summed E-state index contributed by atoms with van der Waals surface area (Å²) in [6.07, 6.45) is 0. The maximum Gasteiger partial charge on any atom is 0.0179 e. The summed E-state index contributed by atoms with van der Waals surface area (Å²) in [7, 11) is 3.49. The fourth-order valence-electron chi connectivity index (χ4n) is 4.71. The molecule has 0 saturated heterocycles. The van der Waals surface area contributed by atoms with E-state index in [-0.39, 0.29) is 0 Å². The predicted octanol–water partition coefficient (Wildman–Crippen LogP) is 12.4. The van der Waals surface area contributed by atoms with E-state index in [0.717, 1.165) is 0 Å². The highest BCUT2D eigenvalue weighted by atomic mass is 127. The Morgan fingerprint density at radius 1 is 0.289 bits per heavy atom. The second-order valence-electron chi connectivity index (χ2n) is 9.13. The third kappa shape index (κ3) is 5.69. The van der Waals surface area contributed by atoms with Crippen molar-refractivity contribution in [1.82, 2.24) is 0 Å². The molecule has 0 radical (unpaired) electrons. The first kappa shape index (κ1) is 26.0. The molecule has 6 aromatic carbocycles. The molecule has 0 spiro atoms. The van der Waals surface area contributed by atoms with Crippen molar-refractivity contribution in [3.63, 3.8) is 0 Å². The quantitative estimate of drug-likeness (QED) is 0.156. The average molecular weight is 748 g/mol. The van der Waals surface area contributed by atoms with Crippen molar-refractivity contribution in [2.45, 2.75) is 9.79 Å². The smallest absolute Gasteiger partial charge is 0.0179 e. The largest absolute Gasteiger partial charge is 0.0538 e. The Morgan fingerprint density at radius 3 is 0.816 bits per heavy atom. The summed E-state index contributed by atoms with van der Waals surface area (Å²) in [5.74, 6) is 0. The molecule has 0 aliphatic heterocycles. The molecule has 0 aliphatic rings. The zero-order chi connectivity index (χ0) is 25.9. The maximum absolute atomic E-state index is 2.32. The summed E-state index contributed by atoms with van der Waals surface area (Å²) in [5, 5.41) is 2.51. The normalized spacial score (nSPS) is 11.1. The van der Waals surface area contributed by atoms with E-state index in [1.807, 2.05) is 0 Å². The van der Waals surface area contributed by atoms with Gasteiger partial charge in [-0.25, -0.2) is 0 Å². The van der Waals surface area contributed by atoms with Gasteiger partial charge in [0.15, 0.2) is 0 Å². The standard InChI is InChI=1S/C34H22I2S2/c35-37-33-17-13-25(14-18-33)23-1-5-27(6-2-23)29-9-11-32-22-30(10-12-31(32)21-29)28-7-3-24(4-8-28)26-15-19-34(38-36)20-16-26/h1-22H. The fourth-order valence-corrected chi connectivity index (χ4v) is 6.95. The molecule has 0 fully saturated rings. The van der Waals surface area contributed by atoms with Crippen LogP contribution in [-0.2, 0) is 0 Å². The summed E-state index contributed by atoms with van der Waals surface area (Å²) >= 11 is 4.64. The van der Waals surface area contributed by atoms with Crippen LogP contribution in [0.3, 0.4) is 0 Å². The van der Waals surface area contributed by atoms with Gasteiger partial charge in [-0.3, -0.25) is 0 Å². The van der Waals surface area contributed by atoms with E-state index in [9.17, 15) is 0 Å². The highest BCUT2D eigenvalue weighted by Gasteiger charge is 2.06. The Labute approximate surface area is 256 Å². The number of fused-ring (bicyclic) bond motifs is 1. The molecule has 0 nitrogen and oxygen atoms in total. The van der Waals surface area contributed by atoms with Gasteiger partial charge < -0.3 is 0 Å². The van der Waals surface area contributed by atoms with Crippen LogP contribution in [0.15, 0.2) is 143 Å². The third-order valence-corrected chi connectivity index (χ3v) is 10.8. The van der Waals surface area contributed by atoms with Gasteiger partial charge in [-0.1, -0.05) is 115 Å². The van der Waals surface area contributed by atoms with E-state index in [1.54, 1.807) is 17.9 Å². The molecule has 0 amide bonds. The van der Waals surface area contributed by atoms with E-state index in [0.29, 0.717) is 0 Å². The first-order valence-electron chi connectivity index (χ1n) is 12.2. The van der Waals surface area contributed by atoms with Crippen molar-refractivity contribution >= 4 is 71.0 Å². The number of rotatable bonds is 6. The van der Waals surface area contributed by atoms with Crippen molar-refractivity contribution in [3.05, 3.63) is 133 Å². The number of hydrogen-bond donors (Lipinski definition) is 0. The molecule has 0 aliphatic carbocycles. The monoisotopic (exact) mass is 748 g/mol. The molecular weight excluding hydrogens is 726 g/mol. The van der Waals surface area contributed by atoms with Gasteiger partial charge in [0, 0.05) is 52.2 Å². The van der Waals surface area contributed by atoms with Gasteiger partial charge in [-0.15, -0.1) is 0 Å². The van der Waals surface area contributed by atoms with Gasteiger partial charge in [-0.05, 0) is 91.7 Å². The molecule has 0 heterocycles. The lowest BCUT2D eigenvalue weighted by molar-refractivity contribution is 1.47. The highest BCUT2D eigenvalue weighted by Crippen LogP contribution is 2.33. The molecule has 0 aromatic heterocycles. The zero-order valence-corrected chi connectivity index (χ0v) is 26.2. The van der Waals surface area contributed by atoms with Crippen molar-refractivity contribution < 1.29 is 0 Å². The molecule has 0 bridgehead atoms. The molecule has 0 atom stereocenters. The van der Waals surface area contributed by atoms with E-state index in [2.05, 4.69) is 176 Å². The SMILES string of the molecule is ISc1ccc(-c2ccc(-c3ccc4cc(-c5ccc(-c6ccc(SI)cc6)cc5)ccc4c3)cc2)cc1. The van der Waals surface area contributed by atoms with Crippen molar-refractivity contribution in [2.75, 3.05) is 0 Å². The second-order valence-corrected chi connectivity index (χ2v) is 13.0. The molecule has 6 aromatic rings. The lowest BCUT2D eigenvalue weighted by Crippen LogP contribution is -1.83. The summed E-state index contributed by atoms with van der Waals surface area (Å²) in [4.78, 5) is 2.55. The van der Waals surface area contributed by atoms with Crippen molar-refractivity contribution in [3.8, 4) is 44.5 Å². The van der Waals surface area contributed by atoms with Crippen molar-refractivity contribution in [1.29, 1.82) is 0 Å². The topological polar surface area (TPSA) is 0 Å². The van der Waals surface area contributed by atoms with Crippen LogP contribution in [0.4, 0.5) is 0 Å².